The molecule has 15 heteroatoms. The summed E-state index contributed by atoms with van der Waals surface area (Å²) in [5.74, 6) is 0.249. The summed E-state index contributed by atoms with van der Waals surface area (Å²) < 4.78 is 7.06. The highest BCUT2D eigenvalue weighted by atomic mass is 32.2. The molecular weight excluding hydrogens is 735 g/mol. The fourth-order valence-electron chi connectivity index (χ4n) is 7.93. The lowest BCUT2D eigenvalue weighted by atomic mass is 9.81. The minimum absolute atomic E-state index is 0.0868. The molecule has 1 saturated heterocycles. The third-order valence-corrected chi connectivity index (χ3v) is 12.4. The summed E-state index contributed by atoms with van der Waals surface area (Å²) >= 11 is 1.35. The number of fused-ring (bicyclic) bond motifs is 3. The van der Waals surface area contributed by atoms with E-state index in [1.54, 1.807) is 27.0 Å². The fraction of sp³-hybridized carbons (Fsp3) is 0.683. The van der Waals surface area contributed by atoms with Crippen LogP contribution < -0.4 is 16.0 Å². The van der Waals surface area contributed by atoms with Crippen molar-refractivity contribution in [3.05, 3.63) is 22.7 Å². The summed E-state index contributed by atoms with van der Waals surface area (Å²) in [6, 6.07) is -0.451. The van der Waals surface area contributed by atoms with Gasteiger partial charge in [0.15, 0.2) is 5.82 Å². The van der Waals surface area contributed by atoms with E-state index < -0.39 is 22.9 Å². The zero-order valence-electron chi connectivity index (χ0n) is 34.0. The van der Waals surface area contributed by atoms with Crippen molar-refractivity contribution in [1.82, 2.24) is 30.1 Å². The molecule has 0 aromatic carbocycles. The molecule has 2 unspecified atom stereocenters. The summed E-state index contributed by atoms with van der Waals surface area (Å²) in [6.07, 6.45) is 11.1. The molecule has 14 nitrogen and oxygen atoms in total. The average molecular weight is 796 g/mol. The Morgan fingerprint density at radius 1 is 1.05 bits per heavy atom. The summed E-state index contributed by atoms with van der Waals surface area (Å²) in [5, 5.41) is 19.5. The third-order valence-electron chi connectivity index (χ3n) is 11.1. The number of likely N-dealkylation sites (tertiary alicyclic amines) is 1. The van der Waals surface area contributed by atoms with Crippen molar-refractivity contribution in [1.29, 1.82) is 0 Å². The first kappa shape index (κ1) is 43.3. The van der Waals surface area contributed by atoms with Gasteiger partial charge in [-0.25, -0.2) is 14.8 Å². The highest BCUT2D eigenvalue weighted by molar-refractivity contribution is 8.00. The van der Waals surface area contributed by atoms with Gasteiger partial charge in [0.2, 0.25) is 23.6 Å². The number of esters is 1. The van der Waals surface area contributed by atoms with Gasteiger partial charge < -0.3 is 30.4 Å². The molecule has 0 radical (unpaired) electrons. The molecule has 2 aromatic rings. The molecule has 1 aliphatic heterocycles. The minimum Gasteiger partial charge on any atom is -0.466 e. The SMILES string of the molecule is CCCCCNC(=O)C(CSC1CC(=O)N(CC2CCC(C(=O)Nc3nc4c(c5c3nc(CCCC)n5CC(C)(C)O)CCC(C(=O)OC)=C4)CC2)C1=O)NC. The highest BCUT2D eigenvalue weighted by Crippen LogP contribution is 2.37. The Morgan fingerprint density at radius 2 is 1.79 bits per heavy atom. The molecule has 2 aliphatic carbocycles. The van der Waals surface area contributed by atoms with Gasteiger partial charge in [0, 0.05) is 48.7 Å². The molecule has 4 N–H and O–H groups in total. The maximum absolute atomic E-state index is 13.9. The van der Waals surface area contributed by atoms with Crippen molar-refractivity contribution in [3.8, 4) is 0 Å². The van der Waals surface area contributed by atoms with Gasteiger partial charge in [0.25, 0.3) is 0 Å². The number of aliphatic hydroxyl groups is 1. The molecule has 2 aromatic heterocycles. The molecule has 3 heterocycles. The van der Waals surface area contributed by atoms with Crippen LogP contribution in [0.5, 0.6) is 0 Å². The van der Waals surface area contributed by atoms with Gasteiger partial charge in [-0.15, -0.1) is 11.8 Å². The van der Waals surface area contributed by atoms with Crippen LogP contribution >= 0.6 is 11.8 Å². The number of imidazole rings is 1. The minimum atomic E-state index is -1.03. The van der Waals surface area contributed by atoms with Crippen LogP contribution in [-0.4, -0.2) is 104 Å². The number of nitrogens with one attached hydrogen (secondary N) is 3. The number of nitrogens with zero attached hydrogens (tertiary/aromatic N) is 4. The number of aryl methyl sites for hydroxylation is 2. The first-order chi connectivity index (χ1) is 26.8. The van der Waals surface area contributed by atoms with Gasteiger partial charge in [-0.2, -0.15) is 0 Å². The fourth-order valence-corrected chi connectivity index (χ4v) is 9.20. The Labute approximate surface area is 334 Å². The number of methoxy groups -OCH3 is 1. The van der Waals surface area contributed by atoms with Crippen LogP contribution in [0.15, 0.2) is 5.57 Å². The third kappa shape index (κ3) is 10.6. The van der Waals surface area contributed by atoms with Gasteiger partial charge in [-0.1, -0.05) is 33.1 Å². The zero-order valence-corrected chi connectivity index (χ0v) is 34.8. The van der Waals surface area contributed by atoms with Crippen molar-refractivity contribution < 1.29 is 33.8 Å². The lowest BCUT2D eigenvalue weighted by molar-refractivity contribution is -0.139. The summed E-state index contributed by atoms with van der Waals surface area (Å²) in [7, 11) is 3.08. The van der Waals surface area contributed by atoms with E-state index in [1.165, 1.54) is 23.8 Å². The van der Waals surface area contributed by atoms with Crippen molar-refractivity contribution >= 4 is 64.3 Å². The number of carbonyl (C=O) groups is 5. The smallest absolute Gasteiger partial charge is 0.333 e. The Bertz CT molecular complexity index is 1790. The normalized spacial score (nSPS) is 20.5. The predicted octanol–water partition coefficient (Wildman–Crippen LogP) is 4.55. The van der Waals surface area contributed by atoms with E-state index in [1.807, 2.05) is 0 Å². The molecule has 2 fully saturated rings. The number of ether oxygens (including phenoxy) is 1. The van der Waals surface area contributed by atoms with Crippen molar-refractivity contribution in [2.24, 2.45) is 11.8 Å². The van der Waals surface area contributed by atoms with E-state index >= 15 is 0 Å². The number of hydrogen-bond donors (Lipinski definition) is 4. The molecule has 5 rings (SSSR count). The van der Waals surface area contributed by atoms with Gasteiger partial charge in [0.1, 0.15) is 11.3 Å². The largest absolute Gasteiger partial charge is 0.466 e. The number of hydrogen-bond acceptors (Lipinski definition) is 11. The quantitative estimate of drug-likeness (QED) is 0.0889. The lowest BCUT2D eigenvalue weighted by Crippen LogP contribution is -2.45. The number of likely N-dealkylation sites (N-methyl/N-ethyl adjacent to an activating group) is 1. The van der Waals surface area contributed by atoms with Crippen molar-refractivity contribution in [2.45, 2.75) is 135 Å². The van der Waals surface area contributed by atoms with Gasteiger partial charge in [0.05, 0.1) is 41.8 Å². The number of rotatable bonds is 19. The predicted molar refractivity (Wildman–Crippen MR) is 218 cm³/mol. The Kier molecular flexibility index (Phi) is 15.1. The number of amides is 4. The van der Waals surface area contributed by atoms with Crippen LogP contribution in [-0.2, 0) is 48.1 Å². The van der Waals surface area contributed by atoms with Crippen LogP contribution in [0.2, 0.25) is 0 Å². The van der Waals surface area contributed by atoms with Crippen LogP contribution in [0.3, 0.4) is 0 Å². The number of imide groups is 1. The number of thioether (sulfide) groups is 1. The van der Waals surface area contributed by atoms with E-state index in [2.05, 4.69) is 34.4 Å². The summed E-state index contributed by atoms with van der Waals surface area (Å²) in [5.41, 5.74) is 2.35. The van der Waals surface area contributed by atoms with Crippen LogP contribution in [0.4, 0.5) is 5.82 Å². The van der Waals surface area contributed by atoms with Crippen LogP contribution in [0.1, 0.15) is 115 Å². The number of carbonyl (C=O) groups excluding carboxylic acids is 5. The first-order valence-corrected chi connectivity index (χ1v) is 21.5. The topological polar surface area (TPSA) is 185 Å². The van der Waals surface area contributed by atoms with E-state index in [-0.39, 0.29) is 41.9 Å². The molecule has 1 saturated carbocycles. The molecule has 56 heavy (non-hydrogen) atoms. The standard InChI is InChI=1S/C41H61N7O7S/c1-7-9-11-19-43-38(51)30(42-5)23-56-31-21-33(49)47(39(31)52)22-25-13-15-26(16-14-25)37(50)46-36-34-35(28-18-17-27(40(53)55-6)20-29(28)44-36)48(24-41(3,4)54)32(45-34)12-10-8-2/h20,25-26,30-31,42,54H,7-19,21-24H2,1-6H3,(H,43,51)(H,44,46,50). The second-order valence-electron chi connectivity index (χ2n) is 16.1. The highest BCUT2D eigenvalue weighted by Gasteiger charge is 2.41. The van der Waals surface area contributed by atoms with E-state index in [0.29, 0.717) is 92.9 Å². The number of unbranched alkanes of at least 4 members (excludes halogenated alkanes) is 3. The Balaban J connectivity index is 1.24. The lowest BCUT2D eigenvalue weighted by Gasteiger charge is -2.30. The average Bonchev–Trinajstić information content (AvgIpc) is 3.66. The molecule has 0 bridgehead atoms. The molecule has 2 atom stereocenters. The molecule has 0 spiro atoms. The second-order valence-corrected chi connectivity index (χ2v) is 17.4. The molecule has 4 amide bonds. The van der Waals surface area contributed by atoms with E-state index in [9.17, 15) is 29.1 Å². The van der Waals surface area contributed by atoms with E-state index in [4.69, 9.17) is 14.7 Å². The monoisotopic (exact) mass is 795 g/mol. The number of anilines is 1. The molecule has 3 aliphatic rings. The zero-order chi connectivity index (χ0) is 40.6. The summed E-state index contributed by atoms with van der Waals surface area (Å²) in [6.45, 7) is 9.00. The van der Waals surface area contributed by atoms with Gasteiger partial charge in [-0.3, -0.25) is 24.1 Å². The maximum Gasteiger partial charge on any atom is 0.333 e. The Morgan fingerprint density at radius 3 is 2.45 bits per heavy atom. The maximum atomic E-state index is 13.9. The first-order valence-electron chi connectivity index (χ1n) is 20.4. The van der Waals surface area contributed by atoms with Crippen LogP contribution in [0, 0.1) is 11.8 Å². The van der Waals surface area contributed by atoms with Crippen molar-refractivity contribution in [3.63, 3.8) is 0 Å². The second kappa shape index (κ2) is 19.6. The van der Waals surface area contributed by atoms with E-state index in [0.717, 1.165) is 49.0 Å². The number of pyridine rings is 1. The number of aromatic nitrogens is 3. The molecule has 308 valence electrons. The summed E-state index contributed by atoms with van der Waals surface area (Å²) in [4.78, 5) is 76.7. The van der Waals surface area contributed by atoms with Crippen LogP contribution in [0.25, 0.3) is 17.1 Å². The Hall–Kier alpha value is -3.82. The van der Waals surface area contributed by atoms with Gasteiger partial charge >= 0.3 is 5.97 Å². The van der Waals surface area contributed by atoms with Crippen molar-refractivity contribution in [2.75, 3.05) is 38.3 Å². The van der Waals surface area contributed by atoms with Gasteiger partial charge in [-0.05, 0) is 84.3 Å². The molecular formula is C41H61N7O7S.